The van der Waals surface area contributed by atoms with Gasteiger partial charge >= 0.3 is 5.97 Å². The van der Waals surface area contributed by atoms with Gasteiger partial charge in [0.25, 0.3) is 5.91 Å². The van der Waals surface area contributed by atoms with Crippen LogP contribution in [0.1, 0.15) is 46.8 Å². The maximum absolute atomic E-state index is 12.3. The summed E-state index contributed by atoms with van der Waals surface area (Å²) >= 11 is 0. The maximum Gasteiger partial charge on any atom is 0.337 e. The Balaban J connectivity index is 2.08. The normalized spacial score (nSPS) is 23.0. The lowest BCUT2D eigenvalue weighted by molar-refractivity contribution is -0.0107. The van der Waals surface area contributed by atoms with Gasteiger partial charge in [-0.2, -0.15) is 0 Å². The predicted octanol–water partition coefficient (Wildman–Crippen LogP) is 1.55. The number of aromatic carboxylic acids is 1. The van der Waals surface area contributed by atoms with Crippen LogP contribution < -0.4 is 5.32 Å². The van der Waals surface area contributed by atoms with Crippen LogP contribution in [0.25, 0.3) is 0 Å². The fourth-order valence-corrected chi connectivity index (χ4v) is 3.17. The van der Waals surface area contributed by atoms with Crippen molar-refractivity contribution in [2.45, 2.75) is 39.3 Å². The molecule has 2 atom stereocenters. The molecule has 0 aromatic carbocycles. The Morgan fingerprint density at radius 1 is 1.36 bits per heavy atom. The molecular weight excluding hydrogens is 282 g/mol. The van der Waals surface area contributed by atoms with Crippen LogP contribution in [0.5, 0.6) is 0 Å². The van der Waals surface area contributed by atoms with Crippen LogP contribution in [0.15, 0.2) is 12.1 Å². The number of hydrogen-bond donors (Lipinski definition) is 2. The van der Waals surface area contributed by atoms with Gasteiger partial charge in [0.15, 0.2) is 0 Å². The monoisotopic (exact) mass is 305 g/mol. The van der Waals surface area contributed by atoms with Gasteiger partial charge in [-0.25, -0.2) is 9.78 Å². The summed E-state index contributed by atoms with van der Waals surface area (Å²) in [6.45, 7) is 5.87. The summed E-state index contributed by atoms with van der Waals surface area (Å²) in [6, 6.07) is 3.41. The van der Waals surface area contributed by atoms with Crippen LogP contribution in [0.2, 0.25) is 0 Å². The molecule has 1 aromatic heterocycles. The highest BCUT2D eigenvalue weighted by atomic mass is 16.4. The molecule has 1 aliphatic rings. The highest BCUT2D eigenvalue weighted by Gasteiger charge is 2.49. The van der Waals surface area contributed by atoms with Gasteiger partial charge in [0.1, 0.15) is 5.69 Å². The van der Waals surface area contributed by atoms with Gasteiger partial charge in [-0.1, -0.05) is 13.8 Å². The van der Waals surface area contributed by atoms with Crippen molar-refractivity contribution in [1.29, 1.82) is 0 Å². The van der Waals surface area contributed by atoms with Gasteiger partial charge in [-0.15, -0.1) is 0 Å². The molecule has 6 nitrogen and oxygen atoms in total. The lowest BCUT2D eigenvalue weighted by atomic mass is 9.62. The molecule has 2 N–H and O–H groups in total. The molecule has 0 spiro atoms. The van der Waals surface area contributed by atoms with Crippen LogP contribution in [0.3, 0.4) is 0 Å². The average molecular weight is 305 g/mol. The smallest absolute Gasteiger partial charge is 0.337 e. The number of aryl methyl sites for hydroxylation is 1. The molecule has 2 rings (SSSR count). The van der Waals surface area contributed by atoms with Crippen molar-refractivity contribution >= 4 is 11.9 Å². The molecular formula is C16H23N3O3. The van der Waals surface area contributed by atoms with Crippen molar-refractivity contribution in [2.24, 2.45) is 5.41 Å². The van der Waals surface area contributed by atoms with Crippen molar-refractivity contribution in [2.75, 3.05) is 14.1 Å². The number of nitrogens with zero attached hydrogens (tertiary/aromatic N) is 2. The standard InChI is InChI=1S/C16H23N3O3/c1-9-10(15(21)22)6-7-11(17-9)14(20)18-12-8-13(19(4)5)16(12,2)3/h6-7,12-13H,8H2,1-5H3,(H,18,20)(H,21,22). The Hall–Kier alpha value is -1.95. The highest BCUT2D eigenvalue weighted by Crippen LogP contribution is 2.43. The second-order valence-electron chi connectivity index (χ2n) is 6.70. The second-order valence-corrected chi connectivity index (χ2v) is 6.70. The van der Waals surface area contributed by atoms with Crippen LogP contribution in [-0.4, -0.2) is 53.0 Å². The zero-order chi connectivity index (χ0) is 16.7. The molecule has 1 aliphatic carbocycles. The van der Waals surface area contributed by atoms with Crippen molar-refractivity contribution in [3.05, 3.63) is 29.1 Å². The van der Waals surface area contributed by atoms with Crippen LogP contribution >= 0.6 is 0 Å². The van der Waals surface area contributed by atoms with Gasteiger partial charge in [0.05, 0.1) is 11.3 Å². The SMILES string of the molecule is Cc1nc(C(=O)NC2CC(N(C)C)C2(C)C)ccc1C(=O)O. The number of pyridine rings is 1. The van der Waals surface area contributed by atoms with E-state index < -0.39 is 5.97 Å². The molecule has 1 heterocycles. The van der Waals surface area contributed by atoms with Crippen molar-refractivity contribution in [1.82, 2.24) is 15.2 Å². The summed E-state index contributed by atoms with van der Waals surface area (Å²) in [7, 11) is 4.08. The van der Waals surface area contributed by atoms with E-state index in [2.05, 4.69) is 29.0 Å². The first kappa shape index (κ1) is 16.4. The largest absolute Gasteiger partial charge is 0.478 e. The third kappa shape index (κ3) is 2.83. The number of carboxylic acids is 1. The molecule has 1 saturated carbocycles. The molecule has 6 heteroatoms. The molecule has 2 unspecified atom stereocenters. The van der Waals surface area contributed by atoms with Crippen LogP contribution in [0.4, 0.5) is 0 Å². The zero-order valence-electron chi connectivity index (χ0n) is 13.7. The van der Waals surface area contributed by atoms with E-state index in [-0.39, 0.29) is 28.6 Å². The first-order valence-electron chi connectivity index (χ1n) is 7.32. The Labute approximate surface area is 130 Å². The van der Waals surface area contributed by atoms with Gasteiger partial charge in [0, 0.05) is 17.5 Å². The van der Waals surface area contributed by atoms with Crippen molar-refractivity contribution in [3.63, 3.8) is 0 Å². The van der Waals surface area contributed by atoms with E-state index >= 15 is 0 Å². The number of carbonyl (C=O) groups is 2. The summed E-state index contributed by atoms with van der Waals surface area (Å²) in [4.78, 5) is 29.6. The summed E-state index contributed by atoms with van der Waals surface area (Å²) in [6.07, 6.45) is 0.901. The average Bonchev–Trinajstić information content (AvgIpc) is 2.41. The van der Waals surface area contributed by atoms with Crippen molar-refractivity contribution in [3.8, 4) is 0 Å². The van der Waals surface area contributed by atoms with Crippen molar-refractivity contribution < 1.29 is 14.7 Å². The number of carbonyl (C=O) groups excluding carboxylic acids is 1. The van der Waals surface area contributed by atoms with E-state index in [0.29, 0.717) is 11.7 Å². The fraction of sp³-hybridized carbons (Fsp3) is 0.562. The highest BCUT2D eigenvalue weighted by molar-refractivity contribution is 5.94. The Morgan fingerprint density at radius 2 is 2.00 bits per heavy atom. The van der Waals surface area contributed by atoms with E-state index in [1.165, 1.54) is 12.1 Å². The first-order chi connectivity index (χ1) is 10.1. The topological polar surface area (TPSA) is 82.5 Å². The number of amides is 1. The summed E-state index contributed by atoms with van der Waals surface area (Å²) in [5.41, 5.74) is 0.717. The van der Waals surface area contributed by atoms with E-state index in [4.69, 9.17) is 5.11 Å². The molecule has 0 aliphatic heterocycles. The van der Waals surface area contributed by atoms with E-state index in [9.17, 15) is 9.59 Å². The van der Waals surface area contributed by atoms with Crippen LogP contribution in [-0.2, 0) is 0 Å². The molecule has 1 amide bonds. The summed E-state index contributed by atoms with van der Waals surface area (Å²) < 4.78 is 0. The number of aromatic nitrogens is 1. The first-order valence-corrected chi connectivity index (χ1v) is 7.32. The zero-order valence-corrected chi connectivity index (χ0v) is 13.7. The summed E-state index contributed by atoms with van der Waals surface area (Å²) in [5, 5.41) is 12.0. The molecule has 1 aromatic rings. The number of hydrogen-bond acceptors (Lipinski definition) is 4. The molecule has 1 fully saturated rings. The number of rotatable bonds is 4. The van der Waals surface area contributed by atoms with Gasteiger partial charge in [0.2, 0.25) is 0 Å². The third-order valence-electron chi connectivity index (χ3n) is 4.69. The van der Waals surface area contributed by atoms with Gasteiger partial charge in [-0.3, -0.25) is 4.79 Å². The van der Waals surface area contributed by atoms with E-state index in [1.54, 1.807) is 6.92 Å². The molecule has 0 saturated heterocycles. The molecule has 0 radical (unpaired) electrons. The Bertz CT molecular complexity index is 611. The third-order valence-corrected chi connectivity index (χ3v) is 4.69. The molecule has 22 heavy (non-hydrogen) atoms. The lowest BCUT2D eigenvalue weighted by Gasteiger charge is -2.54. The summed E-state index contributed by atoms with van der Waals surface area (Å²) in [5.74, 6) is -1.29. The number of nitrogens with one attached hydrogen (secondary N) is 1. The van der Waals surface area contributed by atoms with Gasteiger partial charge < -0.3 is 15.3 Å². The second kappa shape index (κ2) is 5.68. The molecule has 120 valence electrons. The predicted molar refractivity (Wildman–Crippen MR) is 83.1 cm³/mol. The Kier molecular flexibility index (Phi) is 4.24. The Morgan fingerprint density at radius 3 is 2.45 bits per heavy atom. The molecule has 0 bridgehead atoms. The quantitative estimate of drug-likeness (QED) is 0.882. The van der Waals surface area contributed by atoms with E-state index in [0.717, 1.165) is 6.42 Å². The number of carboxylic acid groups (broad SMARTS) is 1. The van der Waals surface area contributed by atoms with Gasteiger partial charge in [-0.05, 0) is 39.6 Å². The minimum atomic E-state index is -1.04. The minimum Gasteiger partial charge on any atom is -0.478 e. The van der Waals surface area contributed by atoms with E-state index in [1.807, 2.05) is 14.1 Å². The lowest BCUT2D eigenvalue weighted by Crippen LogP contribution is -2.65. The minimum absolute atomic E-state index is 0.00475. The fourth-order valence-electron chi connectivity index (χ4n) is 3.17. The maximum atomic E-state index is 12.3. The van der Waals surface area contributed by atoms with Crippen LogP contribution in [0, 0.1) is 12.3 Å².